The van der Waals surface area contributed by atoms with Crippen LogP contribution in [0.2, 0.25) is 0 Å². The highest BCUT2D eigenvalue weighted by Crippen LogP contribution is 2.36. The van der Waals surface area contributed by atoms with Gasteiger partial charge in [0.05, 0.1) is 6.61 Å². The maximum absolute atomic E-state index is 11.7. The molecule has 1 fully saturated rings. The molecule has 3 N–H and O–H groups in total. The van der Waals surface area contributed by atoms with E-state index in [1.165, 1.54) is 6.20 Å². The Hall–Kier alpha value is -1.92. The van der Waals surface area contributed by atoms with Crippen molar-refractivity contribution in [2.75, 3.05) is 13.2 Å². The highest BCUT2D eigenvalue weighted by atomic mass is 16.7. The van der Waals surface area contributed by atoms with E-state index in [4.69, 9.17) is 15.9 Å². The summed E-state index contributed by atoms with van der Waals surface area (Å²) in [6.07, 6.45) is 4.04. The van der Waals surface area contributed by atoms with Gasteiger partial charge >= 0.3 is 5.69 Å². The van der Waals surface area contributed by atoms with Crippen molar-refractivity contribution in [1.82, 2.24) is 9.55 Å². The third-order valence-electron chi connectivity index (χ3n) is 2.97. The minimum Gasteiger partial charge on any atom is -0.391 e. The molecule has 0 spiro atoms. The number of nitrogens with one attached hydrogen (secondary N) is 1. The Bertz CT molecular complexity index is 630. The molecule has 0 aliphatic carbocycles. The lowest BCUT2D eigenvalue weighted by Gasteiger charge is -2.26. The van der Waals surface area contributed by atoms with Gasteiger partial charge in [0.25, 0.3) is 5.56 Å². The Morgan fingerprint density at radius 3 is 3.00 bits per heavy atom. The second-order valence-electron chi connectivity index (χ2n) is 4.36. The molecule has 2 rings (SSSR count). The first kappa shape index (κ1) is 14.5. The van der Waals surface area contributed by atoms with Crippen molar-refractivity contribution in [2.45, 2.75) is 24.5 Å². The number of nitrogens with zero attached hydrogens (tertiary/aromatic N) is 1. The molecule has 0 saturated carbocycles. The molecule has 1 aliphatic rings. The largest absolute Gasteiger partial charge is 0.391 e. The maximum atomic E-state index is 11.7. The SMILES string of the molecule is C#CCOC1(CO)CC(O)C(n2ccc(=O)[nH]c2=O)O1. The Morgan fingerprint density at radius 1 is 1.65 bits per heavy atom. The summed E-state index contributed by atoms with van der Waals surface area (Å²) in [6.45, 7) is -0.638. The number of ether oxygens (including phenoxy) is 2. The van der Waals surface area contributed by atoms with E-state index in [9.17, 15) is 19.8 Å². The van der Waals surface area contributed by atoms with Crippen molar-refractivity contribution in [1.29, 1.82) is 0 Å². The van der Waals surface area contributed by atoms with Crippen LogP contribution >= 0.6 is 0 Å². The molecule has 0 bridgehead atoms. The molecule has 0 radical (unpaired) electrons. The number of aliphatic hydroxyl groups excluding tert-OH is 2. The zero-order valence-electron chi connectivity index (χ0n) is 10.5. The van der Waals surface area contributed by atoms with Crippen LogP contribution in [0.15, 0.2) is 21.9 Å². The van der Waals surface area contributed by atoms with Gasteiger partial charge in [-0.1, -0.05) is 5.92 Å². The van der Waals surface area contributed by atoms with Gasteiger partial charge in [0.1, 0.15) is 12.7 Å². The number of H-pyrrole nitrogens is 1. The van der Waals surface area contributed by atoms with Crippen molar-refractivity contribution in [3.63, 3.8) is 0 Å². The second kappa shape index (κ2) is 5.60. The summed E-state index contributed by atoms with van der Waals surface area (Å²) in [5.41, 5.74) is -1.29. The predicted octanol–water partition coefficient (Wildman–Crippen LogP) is -1.85. The lowest BCUT2D eigenvalue weighted by molar-refractivity contribution is -0.250. The summed E-state index contributed by atoms with van der Waals surface area (Å²) < 4.78 is 11.7. The minimum absolute atomic E-state index is 0.0542. The molecule has 2 heterocycles. The normalized spacial score (nSPS) is 29.2. The summed E-state index contributed by atoms with van der Waals surface area (Å²) in [5.74, 6) is 0.765. The van der Waals surface area contributed by atoms with E-state index in [2.05, 4.69) is 5.92 Å². The minimum atomic E-state index is -1.47. The van der Waals surface area contributed by atoms with Crippen LogP contribution in [0, 0.1) is 12.3 Å². The van der Waals surface area contributed by atoms with Crippen LogP contribution in [0.25, 0.3) is 0 Å². The van der Waals surface area contributed by atoms with Gasteiger partial charge in [-0.3, -0.25) is 14.3 Å². The smallest absolute Gasteiger partial charge is 0.330 e. The standard InChI is InChI=1S/C12H14N2O6/c1-2-5-19-12(7-15)6-8(16)10(20-12)14-4-3-9(17)13-11(14)18/h1,3-4,8,10,15-16H,5-7H2,(H,13,17,18). The number of aromatic nitrogens is 2. The fraction of sp³-hybridized carbons (Fsp3) is 0.500. The molecular formula is C12H14N2O6. The monoisotopic (exact) mass is 282 g/mol. The number of hydrogen-bond acceptors (Lipinski definition) is 6. The average Bonchev–Trinajstić information content (AvgIpc) is 2.74. The van der Waals surface area contributed by atoms with Gasteiger partial charge in [0, 0.05) is 18.7 Å². The molecule has 1 aromatic heterocycles. The molecular weight excluding hydrogens is 268 g/mol. The zero-order chi connectivity index (χ0) is 14.8. The molecule has 0 amide bonds. The van der Waals surface area contributed by atoms with Crippen LogP contribution < -0.4 is 11.2 Å². The molecule has 3 atom stereocenters. The van der Waals surface area contributed by atoms with Crippen molar-refractivity contribution in [2.24, 2.45) is 0 Å². The molecule has 108 valence electrons. The van der Waals surface area contributed by atoms with Gasteiger partial charge < -0.3 is 19.7 Å². The molecule has 0 aromatic carbocycles. The Morgan fingerprint density at radius 2 is 2.40 bits per heavy atom. The summed E-state index contributed by atoms with van der Waals surface area (Å²) in [4.78, 5) is 24.7. The number of terminal acetylenes is 1. The van der Waals surface area contributed by atoms with Gasteiger partial charge in [-0.15, -0.1) is 6.42 Å². The van der Waals surface area contributed by atoms with Crippen LogP contribution in [0.3, 0.4) is 0 Å². The number of aromatic amines is 1. The predicted molar refractivity (Wildman–Crippen MR) is 66.7 cm³/mol. The first-order valence-electron chi connectivity index (χ1n) is 5.87. The van der Waals surface area contributed by atoms with E-state index in [-0.39, 0.29) is 13.0 Å². The van der Waals surface area contributed by atoms with Gasteiger partial charge in [-0.25, -0.2) is 4.79 Å². The van der Waals surface area contributed by atoms with Crippen LogP contribution in [0.5, 0.6) is 0 Å². The fourth-order valence-electron chi connectivity index (χ4n) is 2.05. The number of hydrogen-bond donors (Lipinski definition) is 3. The van der Waals surface area contributed by atoms with Crippen LogP contribution in [0.1, 0.15) is 12.6 Å². The fourth-order valence-corrected chi connectivity index (χ4v) is 2.05. The molecule has 1 aromatic rings. The first-order valence-corrected chi connectivity index (χ1v) is 5.87. The van der Waals surface area contributed by atoms with Gasteiger partial charge in [0.2, 0.25) is 0 Å². The number of rotatable bonds is 4. The Balaban J connectivity index is 2.28. The van der Waals surface area contributed by atoms with Gasteiger partial charge in [-0.05, 0) is 0 Å². The van der Waals surface area contributed by atoms with E-state index < -0.39 is 36.0 Å². The third-order valence-corrected chi connectivity index (χ3v) is 2.97. The maximum Gasteiger partial charge on any atom is 0.330 e. The highest BCUT2D eigenvalue weighted by Gasteiger charge is 2.47. The summed E-state index contributed by atoms with van der Waals surface area (Å²) in [6, 6.07) is 1.12. The molecule has 8 nitrogen and oxygen atoms in total. The van der Waals surface area contributed by atoms with Gasteiger partial charge in [-0.2, -0.15) is 0 Å². The van der Waals surface area contributed by atoms with E-state index in [0.29, 0.717) is 0 Å². The van der Waals surface area contributed by atoms with Crippen LogP contribution in [-0.4, -0.2) is 44.9 Å². The molecule has 1 aliphatic heterocycles. The van der Waals surface area contributed by atoms with Crippen molar-refractivity contribution >= 4 is 0 Å². The number of aliphatic hydroxyl groups is 2. The van der Waals surface area contributed by atoms with Crippen molar-refractivity contribution < 1.29 is 19.7 Å². The lowest BCUT2D eigenvalue weighted by Crippen LogP contribution is -2.38. The van der Waals surface area contributed by atoms with Crippen molar-refractivity contribution in [3.05, 3.63) is 33.1 Å². The van der Waals surface area contributed by atoms with E-state index in [1.807, 2.05) is 4.98 Å². The average molecular weight is 282 g/mol. The van der Waals surface area contributed by atoms with Crippen molar-refractivity contribution in [3.8, 4) is 12.3 Å². The van der Waals surface area contributed by atoms with E-state index >= 15 is 0 Å². The van der Waals surface area contributed by atoms with E-state index in [1.54, 1.807) is 0 Å². The molecule has 8 heteroatoms. The quantitative estimate of drug-likeness (QED) is 0.559. The molecule has 1 saturated heterocycles. The Kier molecular flexibility index (Phi) is 4.06. The zero-order valence-corrected chi connectivity index (χ0v) is 10.5. The Labute approximate surface area is 113 Å². The summed E-state index contributed by atoms with van der Waals surface area (Å²) in [7, 11) is 0. The highest BCUT2D eigenvalue weighted by molar-refractivity contribution is 4.93. The second-order valence-corrected chi connectivity index (χ2v) is 4.36. The lowest BCUT2D eigenvalue weighted by atomic mass is 10.1. The first-order chi connectivity index (χ1) is 9.51. The van der Waals surface area contributed by atoms with E-state index in [0.717, 1.165) is 10.6 Å². The van der Waals surface area contributed by atoms with Crippen LogP contribution in [-0.2, 0) is 9.47 Å². The summed E-state index contributed by atoms with van der Waals surface area (Å²) in [5, 5.41) is 19.3. The molecule has 20 heavy (non-hydrogen) atoms. The topological polar surface area (TPSA) is 114 Å². The third kappa shape index (κ3) is 2.66. The van der Waals surface area contributed by atoms with Gasteiger partial charge in [0.15, 0.2) is 12.0 Å². The summed E-state index contributed by atoms with van der Waals surface area (Å²) >= 11 is 0. The molecule has 3 unspecified atom stereocenters. The van der Waals surface area contributed by atoms with Crippen LogP contribution in [0.4, 0.5) is 0 Å².